The maximum Gasteiger partial charge on any atom is 0.233 e. The number of nitrogens with zero attached hydrogens (tertiary/aromatic N) is 3. The summed E-state index contributed by atoms with van der Waals surface area (Å²) in [5.41, 5.74) is 4.28. The van der Waals surface area contributed by atoms with E-state index in [-0.39, 0.29) is 5.91 Å². The van der Waals surface area contributed by atoms with E-state index in [4.69, 9.17) is 9.72 Å². The fourth-order valence-electron chi connectivity index (χ4n) is 4.08. The molecule has 1 amide bonds. The Morgan fingerprint density at radius 3 is 2.36 bits per heavy atom. The normalized spacial score (nSPS) is 14.4. The van der Waals surface area contributed by atoms with Crippen LogP contribution in [0.3, 0.4) is 0 Å². The SMILES string of the molecule is O=C(Cc1ccc(-c2ccccc2)cc1)N(CCN1CCOCC1)c1nc2ccccc2s1. The van der Waals surface area contributed by atoms with Crippen LogP contribution in [-0.2, 0) is 16.0 Å². The largest absolute Gasteiger partial charge is 0.379 e. The molecule has 0 atom stereocenters. The highest BCUT2D eigenvalue weighted by molar-refractivity contribution is 7.22. The standard InChI is InChI=1S/C27H27N3O2S/c31-26(20-21-10-12-23(13-11-21)22-6-2-1-3-7-22)30(15-14-29-16-18-32-19-17-29)27-28-24-8-4-5-9-25(24)33-27/h1-13H,14-20H2. The van der Waals surface area contributed by atoms with Gasteiger partial charge in [0.2, 0.25) is 5.91 Å². The second-order valence-corrected chi connectivity index (χ2v) is 9.21. The summed E-state index contributed by atoms with van der Waals surface area (Å²) in [7, 11) is 0. The first-order chi connectivity index (χ1) is 16.3. The molecule has 4 aromatic rings. The van der Waals surface area contributed by atoms with E-state index >= 15 is 0 Å². The van der Waals surface area contributed by atoms with E-state index in [1.54, 1.807) is 11.3 Å². The average Bonchev–Trinajstić information content (AvgIpc) is 3.30. The van der Waals surface area contributed by atoms with Gasteiger partial charge in [0.25, 0.3) is 0 Å². The monoisotopic (exact) mass is 457 g/mol. The van der Waals surface area contributed by atoms with Gasteiger partial charge in [0.05, 0.1) is 29.9 Å². The number of anilines is 1. The van der Waals surface area contributed by atoms with Crippen molar-refractivity contribution >= 4 is 32.6 Å². The van der Waals surface area contributed by atoms with Crippen molar-refractivity contribution in [2.45, 2.75) is 6.42 Å². The van der Waals surface area contributed by atoms with Gasteiger partial charge in [-0.15, -0.1) is 0 Å². The second-order valence-electron chi connectivity index (χ2n) is 8.20. The minimum Gasteiger partial charge on any atom is -0.379 e. The van der Waals surface area contributed by atoms with Crippen molar-refractivity contribution in [3.63, 3.8) is 0 Å². The molecule has 0 saturated carbocycles. The quantitative estimate of drug-likeness (QED) is 0.397. The zero-order valence-electron chi connectivity index (χ0n) is 18.5. The van der Waals surface area contributed by atoms with Gasteiger partial charge in [0.15, 0.2) is 5.13 Å². The molecule has 0 unspecified atom stereocenters. The van der Waals surface area contributed by atoms with Gasteiger partial charge in [-0.05, 0) is 28.8 Å². The van der Waals surface area contributed by atoms with Crippen LogP contribution in [0.15, 0.2) is 78.9 Å². The number of aromatic nitrogens is 1. The number of hydrogen-bond acceptors (Lipinski definition) is 5. The number of morpholine rings is 1. The topological polar surface area (TPSA) is 45.7 Å². The van der Waals surface area contributed by atoms with E-state index in [0.717, 1.165) is 59.3 Å². The zero-order valence-corrected chi connectivity index (χ0v) is 19.3. The van der Waals surface area contributed by atoms with Gasteiger partial charge in [-0.1, -0.05) is 78.1 Å². The van der Waals surface area contributed by atoms with Crippen LogP contribution in [0.1, 0.15) is 5.56 Å². The molecule has 3 aromatic carbocycles. The molecule has 0 bridgehead atoms. The number of rotatable bonds is 7. The van der Waals surface area contributed by atoms with Gasteiger partial charge in [0.1, 0.15) is 0 Å². The summed E-state index contributed by atoms with van der Waals surface area (Å²) in [6.45, 7) is 4.76. The second kappa shape index (κ2) is 10.3. The molecule has 5 nitrogen and oxygen atoms in total. The maximum atomic E-state index is 13.5. The molecule has 6 heteroatoms. The fourth-order valence-corrected chi connectivity index (χ4v) is 5.09. The van der Waals surface area contributed by atoms with Crippen LogP contribution < -0.4 is 4.90 Å². The Morgan fingerprint density at radius 2 is 1.61 bits per heavy atom. The molecule has 1 aliphatic heterocycles. The highest BCUT2D eigenvalue weighted by atomic mass is 32.1. The van der Waals surface area contributed by atoms with Crippen molar-refractivity contribution in [1.29, 1.82) is 0 Å². The highest BCUT2D eigenvalue weighted by Crippen LogP contribution is 2.29. The highest BCUT2D eigenvalue weighted by Gasteiger charge is 2.22. The first-order valence-corrected chi connectivity index (χ1v) is 12.2. The lowest BCUT2D eigenvalue weighted by Crippen LogP contribution is -2.43. The smallest absolute Gasteiger partial charge is 0.233 e. The van der Waals surface area contributed by atoms with Gasteiger partial charge in [-0.2, -0.15) is 0 Å². The molecule has 2 heterocycles. The van der Waals surface area contributed by atoms with E-state index in [1.807, 2.05) is 41.3 Å². The minimum absolute atomic E-state index is 0.0785. The number of carbonyl (C=O) groups excluding carboxylic acids is 1. The third kappa shape index (κ3) is 5.30. The number of ether oxygens (including phenoxy) is 1. The summed E-state index contributed by atoms with van der Waals surface area (Å²) >= 11 is 1.58. The first kappa shape index (κ1) is 21.8. The number of carbonyl (C=O) groups is 1. The molecule has 33 heavy (non-hydrogen) atoms. The van der Waals surface area contributed by atoms with Crippen molar-refractivity contribution in [3.8, 4) is 11.1 Å². The van der Waals surface area contributed by atoms with Gasteiger partial charge in [-0.25, -0.2) is 4.98 Å². The number of fused-ring (bicyclic) bond motifs is 1. The molecule has 1 aliphatic rings. The summed E-state index contributed by atoms with van der Waals surface area (Å²) in [6, 6.07) is 26.6. The van der Waals surface area contributed by atoms with E-state index in [0.29, 0.717) is 13.0 Å². The molecule has 0 aliphatic carbocycles. The Morgan fingerprint density at radius 1 is 0.909 bits per heavy atom. The number of thiazole rings is 1. The zero-order chi connectivity index (χ0) is 22.5. The van der Waals surface area contributed by atoms with Crippen LogP contribution in [0.2, 0.25) is 0 Å². The summed E-state index contributed by atoms with van der Waals surface area (Å²) in [5, 5.41) is 0.773. The van der Waals surface area contributed by atoms with E-state index in [2.05, 4.69) is 47.4 Å². The van der Waals surface area contributed by atoms with E-state index < -0.39 is 0 Å². The van der Waals surface area contributed by atoms with Gasteiger partial charge >= 0.3 is 0 Å². The Hall–Kier alpha value is -3.06. The number of hydrogen-bond donors (Lipinski definition) is 0. The molecule has 168 valence electrons. The van der Waals surface area contributed by atoms with Crippen LogP contribution in [0.4, 0.5) is 5.13 Å². The van der Waals surface area contributed by atoms with E-state index in [1.165, 1.54) is 5.56 Å². The Kier molecular flexibility index (Phi) is 6.76. The average molecular weight is 458 g/mol. The fraction of sp³-hybridized carbons (Fsp3) is 0.259. The van der Waals surface area contributed by atoms with Crippen molar-refractivity contribution in [3.05, 3.63) is 84.4 Å². The molecule has 1 saturated heterocycles. The van der Waals surface area contributed by atoms with Crippen LogP contribution >= 0.6 is 11.3 Å². The number of benzene rings is 3. The molecule has 1 aromatic heterocycles. The lowest BCUT2D eigenvalue weighted by molar-refractivity contribution is -0.118. The molecule has 1 fully saturated rings. The van der Waals surface area contributed by atoms with E-state index in [9.17, 15) is 4.79 Å². The third-order valence-electron chi connectivity index (χ3n) is 5.97. The van der Waals surface area contributed by atoms with Crippen LogP contribution in [0.5, 0.6) is 0 Å². The summed E-state index contributed by atoms with van der Waals surface area (Å²) in [4.78, 5) is 22.5. The van der Waals surface area contributed by atoms with Gasteiger partial charge in [0, 0.05) is 26.2 Å². The van der Waals surface area contributed by atoms with Crippen LogP contribution in [-0.4, -0.2) is 55.2 Å². The summed E-state index contributed by atoms with van der Waals surface area (Å²) < 4.78 is 6.57. The molecular weight excluding hydrogens is 430 g/mol. The minimum atomic E-state index is 0.0785. The Bertz CT molecular complexity index is 1170. The first-order valence-electron chi connectivity index (χ1n) is 11.4. The van der Waals surface area contributed by atoms with Gasteiger partial charge in [-0.3, -0.25) is 14.6 Å². The predicted octanol–water partition coefficient (Wildman–Crippen LogP) is 4.87. The molecule has 5 rings (SSSR count). The molecular formula is C27H27N3O2S. The van der Waals surface area contributed by atoms with Crippen LogP contribution in [0, 0.1) is 0 Å². The van der Waals surface area contributed by atoms with Crippen molar-refractivity contribution in [2.75, 3.05) is 44.3 Å². The number of para-hydroxylation sites is 1. The van der Waals surface area contributed by atoms with Crippen molar-refractivity contribution in [2.24, 2.45) is 0 Å². The predicted molar refractivity (Wildman–Crippen MR) is 135 cm³/mol. The summed E-state index contributed by atoms with van der Waals surface area (Å²) in [5.74, 6) is 0.0785. The molecule has 0 radical (unpaired) electrons. The van der Waals surface area contributed by atoms with Crippen molar-refractivity contribution in [1.82, 2.24) is 9.88 Å². The Balaban J connectivity index is 1.34. The maximum absolute atomic E-state index is 13.5. The van der Waals surface area contributed by atoms with Crippen molar-refractivity contribution < 1.29 is 9.53 Å². The lowest BCUT2D eigenvalue weighted by atomic mass is 10.0. The van der Waals surface area contributed by atoms with Crippen LogP contribution in [0.25, 0.3) is 21.3 Å². The number of amides is 1. The van der Waals surface area contributed by atoms with Gasteiger partial charge < -0.3 is 4.74 Å². The molecule has 0 N–H and O–H groups in total. The Labute approximate surface area is 198 Å². The lowest BCUT2D eigenvalue weighted by Gasteiger charge is -2.29. The third-order valence-corrected chi connectivity index (χ3v) is 7.03. The summed E-state index contributed by atoms with van der Waals surface area (Å²) in [6.07, 6.45) is 0.355. The molecule has 0 spiro atoms.